The molecule has 0 rings (SSSR count). The van der Waals surface area contributed by atoms with E-state index in [1.807, 2.05) is 13.8 Å². The third-order valence-electron chi connectivity index (χ3n) is 2.23. The highest BCUT2D eigenvalue weighted by atomic mass is 16.5. The number of hydrogen-bond acceptors (Lipinski definition) is 3. The number of hydrogen-bond donors (Lipinski definition) is 3. The van der Waals surface area contributed by atoms with E-state index in [1.54, 1.807) is 20.8 Å². The summed E-state index contributed by atoms with van der Waals surface area (Å²) in [5.41, 5.74) is -0.544. The fourth-order valence-electron chi connectivity index (χ4n) is 1.29. The van der Waals surface area contributed by atoms with Gasteiger partial charge in [0.25, 0.3) is 0 Å². The van der Waals surface area contributed by atoms with Crippen LogP contribution < -0.4 is 10.6 Å². The second kappa shape index (κ2) is 7.20. The fourth-order valence-corrected chi connectivity index (χ4v) is 1.29. The minimum absolute atomic E-state index is 0.108. The first-order chi connectivity index (χ1) is 8.14. The van der Waals surface area contributed by atoms with Crippen LogP contribution in [-0.2, 0) is 9.53 Å². The van der Waals surface area contributed by atoms with Crippen LogP contribution in [0.2, 0.25) is 0 Å². The number of carboxylic acids is 1. The van der Waals surface area contributed by atoms with Gasteiger partial charge in [0, 0.05) is 6.54 Å². The maximum absolute atomic E-state index is 11.5. The number of rotatable bonds is 6. The Morgan fingerprint density at radius 1 is 1.28 bits per heavy atom. The summed E-state index contributed by atoms with van der Waals surface area (Å²) in [5, 5.41) is 14.0. The summed E-state index contributed by atoms with van der Waals surface area (Å²) in [4.78, 5) is 22.5. The number of carbonyl (C=O) groups excluding carboxylic acids is 1. The Kier molecular flexibility index (Phi) is 6.68. The van der Waals surface area contributed by atoms with Gasteiger partial charge in [-0.2, -0.15) is 0 Å². The zero-order valence-corrected chi connectivity index (χ0v) is 11.7. The van der Waals surface area contributed by atoms with E-state index in [0.717, 1.165) is 0 Å². The first-order valence-corrected chi connectivity index (χ1v) is 6.03. The van der Waals surface area contributed by atoms with E-state index in [0.29, 0.717) is 13.2 Å². The van der Waals surface area contributed by atoms with Gasteiger partial charge in [0.1, 0.15) is 6.04 Å². The summed E-state index contributed by atoms with van der Waals surface area (Å²) in [6.07, 6.45) is 0.108. The monoisotopic (exact) mass is 260 g/mol. The van der Waals surface area contributed by atoms with Crippen molar-refractivity contribution in [2.75, 3.05) is 13.2 Å². The van der Waals surface area contributed by atoms with E-state index < -0.39 is 23.5 Å². The molecule has 0 fully saturated rings. The predicted octanol–water partition coefficient (Wildman–Crippen LogP) is 1.21. The number of ether oxygens (including phenoxy) is 1. The van der Waals surface area contributed by atoms with Crippen molar-refractivity contribution in [3.05, 3.63) is 0 Å². The lowest BCUT2D eigenvalue weighted by molar-refractivity contribution is -0.141. The van der Waals surface area contributed by atoms with Crippen LogP contribution in [0.3, 0.4) is 0 Å². The lowest BCUT2D eigenvalue weighted by atomic mass is 9.87. The molecule has 0 saturated carbocycles. The van der Waals surface area contributed by atoms with Crippen LogP contribution in [0.25, 0.3) is 0 Å². The summed E-state index contributed by atoms with van der Waals surface area (Å²) in [6, 6.07) is -1.42. The largest absolute Gasteiger partial charge is 0.480 e. The summed E-state index contributed by atoms with van der Waals surface area (Å²) in [5.74, 6) is -1.05. The molecule has 0 aliphatic carbocycles. The van der Waals surface area contributed by atoms with Crippen LogP contribution in [0.4, 0.5) is 4.79 Å². The van der Waals surface area contributed by atoms with E-state index in [1.165, 1.54) is 0 Å². The SMILES string of the molecule is CC(C)OCCNC(=O)N[C@H](C(=O)O)C(C)(C)C. The van der Waals surface area contributed by atoms with Crippen molar-refractivity contribution in [2.24, 2.45) is 5.41 Å². The lowest BCUT2D eigenvalue weighted by Crippen LogP contribution is -2.52. The molecule has 18 heavy (non-hydrogen) atoms. The molecule has 2 amide bonds. The molecule has 1 atom stereocenters. The molecule has 0 radical (unpaired) electrons. The van der Waals surface area contributed by atoms with Gasteiger partial charge in [0.2, 0.25) is 0 Å². The van der Waals surface area contributed by atoms with Gasteiger partial charge in [0.15, 0.2) is 0 Å². The zero-order valence-electron chi connectivity index (χ0n) is 11.7. The maximum Gasteiger partial charge on any atom is 0.326 e. The lowest BCUT2D eigenvalue weighted by Gasteiger charge is -2.27. The molecule has 0 unspecified atom stereocenters. The van der Waals surface area contributed by atoms with Crippen molar-refractivity contribution in [2.45, 2.75) is 46.8 Å². The van der Waals surface area contributed by atoms with E-state index >= 15 is 0 Å². The molecule has 0 saturated heterocycles. The highest BCUT2D eigenvalue weighted by Crippen LogP contribution is 2.19. The van der Waals surface area contributed by atoms with E-state index in [9.17, 15) is 9.59 Å². The number of carboxylic acid groups (broad SMARTS) is 1. The average molecular weight is 260 g/mol. The Morgan fingerprint density at radius 2 is 1.83 bits per heavy atom. The summed E-state index contributed by atoms with van der Waals surface area (Å²) < 4.78 is 5.25. The molecule has 0 aliphatic rings. The molecule has 0 spiro atoms. The smallest absolute Gasteiger partial charge is 0.326 e. The third kappa shape index (κ3) is 7.11. The fraction of sp³-hybridized carbons (Fsp3) is 0.833. The molecular formula is C12H24N2O4. The van der Waals surface area contributed by atoms with E-state index in [-0.39, 0.29) is 6.10 Å². The van der Waals surface area contributed by atoms with Gasteiger partial charge in [-0.05, 0) is 19.3 Å². The quantitative estimate of drug-likeness (QED) is 0.626. The molecule has 0 heterocycles. The zero-order chi connectivity index (χ0) is 14.3. The average Bonchev–Trinajstić information content (AvgIpc) is 2.18. The molecule has 0 bridgehead atoms. The Bertz CT molecular complexity index is 284. The number of nitrogens with one attached hydrogen (secondary N) is 2. The topological polar surface area (TPSA) is 87.7 Å². The molecular weight excluding hydrogens is 236 g/mol. The van der Waals surface area contributed by atoms with Gasteiger partial charge in [-0.1, -0.05) is 20.8 Å². The van der Waals surface area contributed by atoms with Crippen molar-refractivity contribution in [1.82, 2.24) is 10.6 Å². The first-order valence-electron chi connectivity index (χ1n) is 6.03. The second-order valence-corrected chi connectivity index (χ2v) is 5.46. The third-order valence-corrected chi connectivity index (χ3v) is 2.23. The molecule has 0 aromatic rings. The van der Waals surface area contributed by atoms with Gasteiger partial charge in [-0.15, -0.1) is 0 Å². The minimum atomic E-state index is -1.05. The Labute approximate surface area is 108 Å². The van der Waals surface area contributed by atoms with E-state index in [4.69, 9.17) is 9.84 Å². The van der Waals surface area contributed by atoms with Crippen molar-refractivity contribution in [3.63, 3.8) is 0 Å². The summed E-state index contributed by atoms with van der Waals surface area (Å²) >= 11 is 0. The van der Waals surface area contributed by atoms with Gasteiger partial charge in [-0.25, -0.2) is 9.59 Å². The number of aliphatic carboxylic acids is 1. The Morgan fingerprint density at radius 3 is 2.22 bits per heavy atom. The molecule has 6 nitrogen and oxygen atoms in total. The van der Waals surface area contributed by atoms with Crippen LogP contribution in [-0.4, -0.2) is 42.4 Å². The van der Waals surface area contributed by atoms with Crippen LogP contribution in [0, 0.1) is 5.41 Å². The van der Waals surface area contributed by atoms with Gasteiger partial charge in [0.05, 0.1) is 12.7 Å². The number of carbonyl (C=O) groups is 2. The van der Waals surface area contributed by atoms with Crippen molar-refractivity contribution in [3.8, 4) is 0 Å². The van der Waals surface area contributed by atoms with Crippen molar-refractivity contribution >= 4 is 12.0 Å². The highest BCUT2D eigenvalue weighted by molar-refractivity contribution is 5.83. The van der Waals surface area contributed by atoms with Crippen LogP contribution in [0.1, 0.15) is 34.6 Å². The summed E-state index contributed by atoms with van der Waals surface area (Å²) in [7, 11) is 0. The molecule has 106 valence electrons. The van der Waals surface area contributed by atoms with Gasteiger partial charge >= 0.3 is 12.0 Å². The van der Waals surface area contributed by atoms with Crippen LogP contribution in [0.5, 0.6) is 0 Å². The molecule has 6 heteroatoms. The van der Waals surface area contributed by atoms with Gasteiger partial charge in [-0.3, -0.25) is 0 Å². The molecule has 3 N–H and O–H groups in total. The molecule has 0 aliphatic heterocycles. The Hall–Kier alpha value is -1.30. The van der Waals surface area contributed by atoms with Crippen molar-refractivity contribution in [1.29, 1.82) is 0 Å². The van der Waals surface area contributed by atoms with Crippen LogP contribution >= 0.6 is 0 Å². The molecule has 0 aromatic heterocycles. The first kappa shape index (κ1) is 16.7. The normalized spacial score (nSPS) is 13.2. The highest BCUT2D eigenvalue weighted by Gasteiger charge is 2.32. The van der Waals surface area contributed by atoms with Crippen molar-refractivity contribution < 1.29 is 19.4 Å². The predicted molar refractivity (Wildman–Crippen MR) is 68.5 cm³/mol. The van der Waals surface area contributed by atoms with Gasteiger partial charge < -0.3 is 20.5 Å². The standard InChI is InChI=1S/C12H24N2O4/c1-8(2)18-7-6-13-11(17)14-9(10(15)16)12(3,4)5/h8-9H,6-7H2,1-5H3,(H,15,16)(H2,13,14,17)/t9-/m1/s1. The maximum atomic E-state index is 11.5. The Balaban J connectivity index is 4.09. The number of amides is 2. The summed E-state index contributed by atoms with van der Waals surface area (Å²) in [6.45, 7) is 9.83. The minimum Gasteiger partial charge on any atom is -0.480 e. The second-order valence-electron chi connectivity index (χ2n) is 5.46. The number of urea groups is 1. The van der Waals surface area contributed by atoms with E-state index in [2.05, 4.69) is 10.6 Å². The van der Waals surface area contributed by atoms with Crippen LogP contribution in [0.15, 0.2) is 0 Å². The molecule has 0 aromatic carbocycles.